The number of anilines is 1. The summed E-state index contributed by atoms with van der Waals surface area (Å²) in [5, 5.41) is 2.54. The van der Waals surface area contributed by atoms with Crippen LogP contribution in [0.5, 0.6) is 0 Å². The smallest absolute Gasteiger partial charge is 0.261 e. The number of sulfonamides is 1. The zero-order chi connectivity index (χ0) is 20.1. The molecular weight excluding hydrogens is 386 g/mol. The maximum Gasteiger partial charge on any atom is 0.261 e. The first-order valence-corrected chi connectivity index (χ1v) is 9.73. The van der Waals surface area contributed by atoms with E-state index in [1.54, 1.807) is 18.2 Å². The van der Waals surface area contributed by atoms with Gasteiger partial charge >= 0.3 is 0 Å². The molecule has 0 aliphatic carbocycles. The zero-order valence-electron chi connectivity index (χ0n) is 14.5. The van der Waals surface area contributed by atoms with Crippen LogP contribution in [0.15, 0.2) is 77.7 Å². The molecule has 8 heteroatoms. The summed E-state index contributed by atoms with van der Waals surface area (Å²) in [6.07, 6.45) is 0. The van der Waals surface area contributed by atoms with Crippen LogP contribution in [0, 0.1) is 11.6 Å². The average molecular weight is 402 g/mol. The number of halogens is 2. The lowest BCUT2D eigenvalue weighted by Crippen LogP contribution is -2.23. The maximum atomic E-state index is 13.2. The molecule has 28 heavy (non-hydrogen) atoms. The van der Waals surface area contributed by atoms with E-state index in [2.05, 4.69) is 10.0 Å². The minimum absolute atomic E-state index is 0.0759. The summed E-state index contributed by atoms with van der Waals surface area (Å²) in [7, 11) is -3.79. The lowest BCUT2D eigenvalue weighted by molar-refractivity contribution is 0.0951. The molecule has 0 bridgehead atoms. The molecule has 0 heterocycles. The Labute approximate surface area is 161 Å². The highest BCUT2D eigenvalue weighted by Gasteiger charge is 2.14. The van der Waals surface area contributed by atoms with Gasteiger partial charge in [-0.05, 0) is 48.0 Å². The molecule has 1 amide bonds. The van der Waals surface area contributed by atoms with Crippen molar-refractivity contribution >= 4 is 21.6 Å². The average Bonchev–Trinajstić information content (AvgIpc) is 2.66. The second kappa shape index (κ2) is 8.18. The number of amides is 1. The predicted octanol–water partition coefficient (Wildman–Crippen LogP) is 3.70. The van der Waals surface area contributed by atoms with Crippen LogP contribution < -0.4 is 10.0 Å². The summed E-state index contributed by atoms with van der Waals surface area (Å²) in [4.78, 5) is 12.4. The van der Waals surface area contributed by atoms with Crippen LogP contribution in [0.25, 0.3) is 0 Å². The number of hydrogen-bond acceptors (Lipinski definition) is 3. The number of hydrogen-bond donors (Lipinski definition) is 2. The van der Waals surface area contributed by atoms with E-state index in [9.17, 15) is 22.0 Å². The Morgan fingerprint density at radius 1 is 0.857 bits per heavy atom. The fourth-order valence-electron chi connectivity index (χ4n) is 2.54. The quantitative estimate of drug-likeness (QED) is 0.660. The molecule has 0 fully saturated rings. The molecule has 2 N–H and O–H groups in total. The zero-order valence-corrected chi connectivity index (χ0v) is 15.3. The number of benzene rings is 3. The van der Waals surface area contributed by atoms with Crippen LogP contribution in [-0.4, -0.2) is 14.3 Å². The van der Waals surface area contributed by atoms with Crippen molar-refractivity contribution in [3.63, 3.8) is 0 Å². The monoisotopic (exact) mass is 402 g/mol. The van der Waals surface area contributed by atoms with Crippen molar-refractivity contribution in [2.45, 2.75) is 11.4 Å². The molecule has 0 aliphatic rings. The van der Waals surface area contributed by atoms with Crippen LogP contribution in [0.4, 0.5) is 14.5 Å². The summed E-state index contributed by atoms with van der Waals surface area (Å²) in [5.74, 6) is -1.98. The van der Waals surface area contributed by atoms with Gasteiger partial charge in [0, 0.05) is 23.9 Å². The summed E-state index contributed by atoms with van der Waals surface area (Å²) in [6, 6.07) is 16.7. The van der Waals surface area contributed by atoms with Crippen molar-refractivity contribution < 1.29 is 22.0 Å². The lowest BCUT2D eigenvalue weighted by Gasteiger charge is -2.10. The molecule has 0 saturated carbocycles. The number of carbonyl (C=O) groups excluding carboxylic acids is 1. The van der Waals surface area contributed by atoms with Gasteiger partial charge in [0.2, 0.25) is 0 Å². The molecule has 0 radical (unpaired) electrons. The first-order valence-electron chi connectivity index (χ1n) is 8.24. The fraction of sp³-hybridized carbons (Fsp3) is 0.0500. The molecule has 144 valence electrons. The summed E-state index contributed by atoms with van der Waals surface area (Å²) in [5.41, 5.74) is 0.685. The highest BCUT2D eigenvalue weighted by Crippen LogP contribution is 2.17. The molecule has 3 aromatic rings. The third kappa shape index (κ3) is 4.92. The molecule has 0 saturated heterocycles. The standard InChI is InChI=1S/C20H16F2N2O3S/c21-16-9-14(10-17(22)12-16)13-23-20(25)15-5-4-6-18(11-15)24-28(26,27)19-7-2-1-3-8-19/h1-12,24H,13H2,(H,23,25). The van der Waals surface area contributed by atoms with Crippen LogP contribution >= 0.6 is 0 Å². The van der Waals surface area contributed by atoms with Crippen molar-refractivity contribution in [1.29, 1.82) is 0 Å². The number of carbonyl (C=O) groups is 1. The Bertz CT molecular complexity index is 1080. The molecule has 3 rings (SSSR count). The van der Waals surface area contributed by atoms with Crippen molar-refractivity contribution in [3.8, 4) is 0 Å². The van der Waals surface area contributed by atoms with E-state index < -0.39 is 27.6 Å². The minimum atomic E-state index is -3.79. The largest absolute Gasteiger partial charge is 0.348 e. The second-order valence-corrected chi connectivity index (χ2v) is 7.64. The molecule has 0 atom stereocenters. The fourth-order valence-corrected chi connectivity index (χ4v) is 3.61. The van der Waals surface area contributed by atoms with Gasteiger partial charge < -0.3 is 5.32 Å². The van der Waals surface area contributed by atoms with Gasteiger partial charge in [-0.1, -0.05) is 24.3 Å². The van der Waals surface area contributed by atoms with Gasteiger partial charge in [-0.25, -0.2) is 17.2 Å². The Hall–Kier alpha value is -3.26. The van der Waals surface area contributed by atoms with Gasteiger partial charge in [0.05, 0.1) is 4.90 Å². The third-order valence-corrected chi connectivity index (χ3v) is 5.20. The predicted molar refractivity (Wildman–Crippen MR) is 101 cm³/mol. The van der Waals surface area contributed by atoms with E-state index in [0.717, 1.165) is 18.2 Å². The van der Waals surface area contributed by atoms with Crippen molar-refractivity contribution in [2.75, 3.05) is 4.72 Å². The SMILES string of the molecule is O=C(NCc1cc(F)cc(F)c1)c1cccc(NS(=O)(=O)c2ccccc2)c1. The van der Waals surface area contributed by atoms with Gasteiger partial charge in [0.1, 0.15) is 11.6 Å². The number of nitrogens with one attached hydrogen (secondary N) is 2. The Morgan fingerprint density at radius 2 is 1.54 bits per heavy atom. The van der Waals surface area contributed by atoms with E-state index in [1.807, 2.05) is 0 Å². The molecule has 0 unspecified atom stereocenters. The Kier molecular flexibility index (Phi) is 5.70. The van der Waals surface area contributed by atoms with Gasteiger partial charge in [0.15, 0.2) is 0 Å². The highest BCUT2D eigenvalue weighted by atomic mass is 32.2. The lowest BCUT2D eigenvalue weighted by atomic mass is 10.1. The summed E-state index contributed by atoms with van der Waals surface area (Å²) >= 11 is 0. The Balaban J connectivity index is 1.71. The van der Waals surface area contributed by atoms with E-state index in [4.69, 9.17) is 0 Å². The molecule has 3 aromatic carbocycles. The molecular formula is C20H16F2N2O3S. The van der Waals surface area contributed by atoms with Gasteiger partial charge in [-0.3, -0.25) is 9.52 Å². The first-order chi connectivity index (χ1) is 13.3. The normalized spacial score (nSPS) is 11.1. The van der Waals surface area contributed by atoms with Crippen LogP contribution in [0.3, 0.4) is 0 Å². The van der Waals surface area contributed by atoms with E-state index in [0.29, 0.717) is 0 Å². The van der Waals surface area contributed by atoms with Crippen LogP contribution in [0.2, 0.25) is 0 Å². The van der Waals surface area contributed by atoms with Gasteiger partial charge in [-0.15, -0.1) is 0 Å². The van der Waals surface area contributed by atoms with E-state index in [-0.39, 0.29) is 28.3 Å². The van der Waals surface area contributed by atoms with Gasteiger partial charge in [-0.2, -0.15) is 0 Å². The first kappa shape index (κ1) is 19.5. The summed E-state index contributed by atoms with van der Waals surface area (Å²) in [6.45, 7) is -0.0759. The van der Waals surface area contributed by atoms with Crippen LogP contribution in [0.1, 0.15) is 15.9 Å². The number of rotatable bonds is 6. The molecule has 0 aliphatic heterocycles. The molecule has 5 nitrogen and oxygen atoms in total. The Morgan fingerprint density at radius 3 is 2.21 bits per heavy atom. The molecule has 0 spiro atoms. The maximum absolute atomic E-state index is 13.2. The minimum Gasteiger partial charge on any atom is -0.348 e. The molecule has 0 aromatic heterocycles. The van der Waals surface area contributed by atoms with Crippen molar-refractivity contribution in [3.05, 3.63) is 95.6 Å². The summed E-state index contributed by atoms with van der Waals surface area (Å²) < 4.78 is 53.6. The highest BCUT2D eigenvalue weighted by molar-refractivity contribution is 7.92. The third-order valence-electron chi connectivity index (χ3n) is 3.81. The van der Waals surface area contributed by atoms with Gasteiger partial charge in [0.25, 0.3) is 15.9 Å². The van der Waals surface area contributed by atoms with Crippen molar-refractivity contribution in [1.82, 2.24) is 5.32 Å². The van der Waals surface area contributed by atoms with E-state index >= 15 is 0 Å². The van der Waals surface area contributed by atoms with E-state index in [1.165, 1.54) is 36.4 Å². The van der Waals surface area contributed by atoms with Crippen molar-refractivity contribution in [2.24, 2.45) is 0 Å². The topological polar surface area (TPSA) is 75.3 Å². The van der Waals surface area contributed by atoms with Crippen LogP contribution in [-0.2, 0) is 16.6 Å². The second-order valence-electron chi connectivity index (χ2n) is 5.96.